The van der Waals surface area contributed by atoms with E-state index in [2.05, 4.69) is 46.4 Å². The van der Waals surface area contributed by atoms with Crippen molar-refractivity contribution in [2.75, 3.05) is 13.7 Å². The number of fused-ring (bicyclic) bond motifs is 2. The van der Waals surface area contributed by atoms with Gasteiger partial charge in [0.2, 0.25) is 5.91 Å². The molecule has 1 atom stereocenters. The molecule has 176 valence electrons. The van der Waals surface area contributed by atoms with E-state index in [1.807, 2.05) is 12.1 Å². The summed E-state index contributed by atoms with van der Waals surface area (Å²) >= 11 is 0. The number of rotatable bonds is 7. The highest BCUT2D eigenvalue weighted by Crippen LogP contribution is 2.39. The third kappa shape index (κ3) is 4.52. The molecule has 1 heterocycles. The van der Waals surface area contributed by atoms with Gasteiger partial charge in [0, 0.05) is 35.6 Å². The van der Waals surface area contributed by atoms with Crippen LogP contribution in [0, 0.1) is 5.92 Å². The summed E-state index contributed by atoms with van der Waals surface area (Å²) < 4.78 is 4.70. The number of nitrogens with zero attached hydrogens (tertiary/aromatic N) is 1. The van der Waals surface area contributed by atoms with Gasteiger partial charge in [-0.15, -0.1) is 0 Å². The van der Waals surface area contributed by atoms with Crippen LogP contribution in [-0.4, -0.2) is 35.4 Å². The summed E-state index contributed by atoms with van der Waals surface area (Å²) in [5.74, 6) is 0.128. The van der Waals surface area contributed by atoms with Crippen molar-refractivity contribution < 1.29 is 14.3 Å². The molecule has 1 amide bonds. The molecule has 2 aliphatic carbocycles. The lowest BCUT2D eigenvalue weighted by molar-refractivity contribution is -0.138. The van der Waals surface area contributed by atoms with E-state index in [1.165, 1.54) is 35.3 Å². The molecular formula is C29H32N2O3. The zero-order chi connectivity index (χ0) is 23.5. The second-order valence-electron chi connectivity index (χ2n) is 9.49. The average Bonchev–Trinajstić information content (AvgIpc) is 3.63. The van der Waals surface area contributed by atoms with E-state index in [9.17, 15) is 9.59 Å². The SMILES string of the molecule is COC(=O)C=Cc1ccc2c(c1)CCC2N(CCc1c[nH]c2ccccc12)C(=O)C1CCCC1. The van der Waals surface area contributed by atoms with Gasteiger partial charge in [-0.1, -0.05) is 49.2 Å². The van der Waals surface area contributed by atoms with Crippen LogP contribution in [0.1, 0.15) is 60.4 Å². The molecule has 5 heteroatoms. The second kappa shape index (κ2) is 9.88. The molecule has 1 N–H and O–H groups in total. The molecule has 1 saturated carbocycles. The predicted molar refractivity (Wildman–Crippen MR) is 134 cm³/mol. The van der Waals surface area contributed by atoms with Crippen molar-refractivity contribution in [3.63, 3.8) is 0 Å². The van der Waals surface area contributed by atoms with Gasteiger partial charge in [-0.2, -0.15) is 0 Å². The topological polar surface area (TPSA) is 62.4 Å². The summed E-state index contributed by atoms with van der Waals surface area (Å²) in [5.41, 5.74) is 5.91. The molecule has 5 nitrogen and oxygen atoms in total. The number of H-pyrrole nitrogens is 1. The number of hydrogen-bond donors (Lipinski definition) is 1. The van der Waals surface area contributed by atoms with Crippen molar-refractivity contribution in [1.29, 1.82) is 0 Å². The van der Waals surface area contributed by atoms with Crippen molar-refractivity contribution in [2.24, 2.45) is 5.92 Å². The lowest BCUT2D eigenvalue weighted by Crippen LogP contribution is -2.39. The Bertz CT molecular complexity index is 1220. The van der Waals surface area contributed by atoms with Crippen LogP contribution in [0.5, 0.6) is 0 Å². The van der Waals surface area contributed by atoms with Crippen LogP contribution in [-0.2, 0) is 27.2 Å². The largest absolute Gasteiger partial charge is 0.466 e. The number of nitrogens with one attached hydrogen (secondary N) is 1. The fourth-order valence-corrected chi connectivity index (χ4v) is 5.68. The predicted octanol–water partition coefficient (Wildman–Crippen LogP) is 5.60. The van der Waals surface area contributed by atoms with Crippen LogP contribution in [0.4, 0.5) is 0 Å². The minimum atomic E-state index is -0.357. The maximum Gasteiger partial charge on any atom is 0.330 e. The van der Waals surface area contributed by atoms with Crippen LogP contribution in [0.2, 0.25) is 0 Å². The smallest absolute Gasteiger partial charge is 0.330 e. The highest BCUT2D eigenvalue weighted by atomic mass is 16.5. The first-order chi connectivity index (χ1) is 16.6. The van der Waals surface area contributed by atoms with Gasteiger partial charge in [-0.05, 0) is 66.5 Å². The Hall–Kier alpha value is -3.34. The van der Waals surface area contributed by atoms with E-state index in [4.69, 9.17) is 4.74 Å². The first-order valence-electron chi connectivity index (χ1n) is 12.4. The van der Waals surface area contributed by atoms with E-state index in [1.54, 1.807) is 6.08 Å². The number of aryl methyl sites for hydroxylation is 1. The third-order valence-electron chi connectivity index (χ3n) is 7.49. The maximum atomic E-state index is 13.7. The Morgan fingerprint density at radius 1 is 1.12 bits per heavy atom. The molecule has 0 bridgehead atoms. The van der Waals surface area contributed by atoms with Crippen LogP contribution in [0.3, 0.4) is 0 Å². The molecule has 1 fully saturated rings. The minimum Gasteiger partial charge on any atom is -0.466 e. The van der Waals surface area contributed by atoms with Crippen molar-refractivity contribution in [3.05, 3.63) is 77.0 Å². The van der Waals surface area contributed by atoms with Gasteiger partial charge < -0.3 is 14.6 Å². The van der Waals surface area contributed by atoms with Crippen LogP contribution >= 0.6 is 0 Å². The highest BCUT2D eigenvalue weighted by Gasteiger charge is 2.35. The van der Waals surface area contributed by atoms with Crippen molar-refractivity contribution in [3.8, 4) is 0 Å². The minimum absolute atomic E-state index is 0.118. The summed E-state index contributed by atoms with van der Waals surface area (Å²) in [6.45, 7) is 0.727. The molecule has 34 heavy (non-hydrogen) atoms. The Morgan fingerprint density at radius 2 is 1.94 bits per heavy atom. The summed E-state index contributed by atoms with van der Waals surface area (Å²) in [5, 5.41) is 1.24. The molecule has 5 rings (SSSR count). The number of carbonyl (C=O) groups is 2. The second-order valence-corrected chi connectivity index (χ2v) is 9.49. The number of benzene rings is 2. The van der Waals surface area contributed by atoms with Gasteiger partial charge in [-0.25, -0.2) is 4.79 Å². The fourth-order valence-electron chi connectivity index (χ4n) is 5.68. The zero-order valence-electron chi connectivity index (χ0n) is 19.8. The number of ether oxygens (including phenoxy) is 1. The first kappa shape index (κ1) is 22.5. The number of hydrogen-bond acceptors (Lipinski definition) is 3. The maximum absolute atomic E-state index is 13.7. The van der Waals surface area contributed by atoms with E-state index >= 15 is 0 Å². The summed E-state index contributed by atoms with van der Waals surface area (Å²) in [6, 6.07) is 14.8. The summed E-state index contributed by atoms with van der Waals surface area (Å²) in [6.07, 6.45) is 12.4. The van der Waals surface area contributed by atoms with Crippen LogP contribution in [0.25, 0.3) is 17.0 Å². The summed E-state index contributed by atoms with van der Waals surface area (Å²) in [7, 11) is 1.38. The van der Waals surface area contributed by atoms with Gasteiger partial charge in [0.1, 0.15) is 0 Å². The molecule has 0 aliphatic heterocycles. The van der Waals surface area contributed by atoms with Gasteiger partial charge in [0.05, 0.1) is 13.2 Å². The molecule has 1 aromatic heterocycles. The van der Waals surface area contributed by atoms with Crippen molar-refractivity contribution >= 4 is 28.9 Å². The number of aromatic amines is 1. The van der Waals surface area contributed by atoms with E-state index in [-0.39, 0.29) is 17.9 Å². The number of carbonyl (C=O) groups excluding carboxylic acids is 2. The van der Waals surface area contributed by atoms with E-state index in [0.717, 1.165) is 62.6 Å². The number of aromatic nitrogens is 1. The van der Waals surface area contributed by atoms with Gasteiger partial charge >= 0.3 is 5.97 Å². The Labute approximate surface area is 200 Å². The molecule has 0 spiro atoms. The number of para-hydroxylation sites is 1. The Balaban J connectivity index is 1.39. The van der Waals surface area contributed by atoms with Crippen LogP contribution < -0.4 is 0 Å². The number of amides is 1. The van der Waals surface area contributed by atoms with Gasteiger partial charge in [0.15, 0.2) is 0 Å². The van der Waals surface area contributed by atoms with Gasteiger partial charge in [-0.3, -0.25) is 4.79 Å². The molecule has 2 aromatic carbocycles. The average molecular weight is 457 g/mol. The third-order valence-corrected chi connectivity index (χ3v) is 7.49. The number of methoxy groups -OCH3 is 1. The lowest BCUT2D eigenvalue weighted by Gasteiger charge is -2.32. The van der Waals surface area contributed by atoms with Crippen LogP contribution in [0.15, 0.2) is 54.7 Å². The normalized spacial score (nSPS) is 18.0. The molecule has 0 radical (unpaired) electrons. The van der Waals surface area contributed by atoms with Gasteiger partial charge in [0.25, 0.3) is 0 Å². The lowest BCUT2D eigenvalue weighted by atomic mass is 10.00. The monoisotopic (exact) mass is 456 g/mol. The number of esters is 1. The quantitative estimate of drug-likeness (QED) is 0.372. The Morgan fingerprint density at radius 3 is 2.76 bits per heavy atom. The molecule has 0 saturated heterocycles. The first-order valence-corrected chi connectivity index (χ1v) is 12.4. The Kier molecular flexibility index (Phi) is 6.52. The fraction of sp³-hybridized carbons (Fsp3) is 0.379. The highest BCUT2D eigenvalue weighted by molar-refractivity contribution is 5.87. The summed E-state index contributed by atoms with van der Waals surface area (Å²) in [4.78, 5) is 30.7. The van der Waals surface area contributed by atoms with Crippen molar-refractivity contribution in [1.82, 2.24) is 9.88 Å². The van der Waals surface area contributed by atoms with Crippen molar-refractivity contribution in [2.45, 2.75) is 51.0 Å². The van der Waals surface area contributed by atoms with E-state index < -0.39 is 0 Å². The van der Waals surface area contributed by atoms with E-state index in [0.29, 0.717) is 5.91 Å². The molecule has 2 aliphatic rings. The standard InChI is InChI=1S/C29H32N2O3/c1-34-28(32)15-11-20-10-13-25-22(18-20)12-14-27(25)31(29(33)21-6-2-3-7-21)17-16-23-19-30-26-9-5-4-8-24(23)26/h4-5,8-11,13,15,18-19,21,27,30H,2-3,6-7,12,14,16-17H2,1H3. The molecule has 1 unspecified atom stereocenters. The molecule has 3 aromatic rings. The molecular weight excluding hydrogens is 424 g/mol. The zero-order valence-corrected chi connectivity index (χ0v) is 19.8.